The predicted octanol–water partition coefficient (Wildman–Crippen LogP) is 5.46. The van der Waals surface area contributed by atoms with Crippen LogP contribution in [0.4, 0.5) is 18.9 Å². The average molecular weight is 551 g/mol. The Morgan fingerprint density at radius 1 is 0.971 bits per heavy atom. The first kappa shape index (κ1) is 24.3. The third kappa shape index (κ3) is 4.87. The van der Waals surface area contributed by atoms with E-state index in [-0.39, 0.29) is 34.2 Å². The first-order valence-electron chi connectivity index (χ1n) is 10.00. The van der Waals surface area contributed by atoms with Crippen molar-refractivity contribution in [2.75, 3.05) is 26.6 Å². The second kappa shape index (κ2) is 9.45. The van der Waals surface area contributed by atoms with Crippen LogP contribution in [0.15, 0.2) is 53.0 Å². The topological polar surface area (TPSA) is 87.0 Å². The monoisotopic (exact) mass is 550 g/mol. The standard InChI is InChI=1S/C23H18BrF3N4O4/c1-33-17-8-14(9-18(34-2)21(17)35-3)28-22(32)16-11-20-29-15(12-4-6-13(24)7-5-12)10-19(23(25,26)27)31(20)30-16/h4-11H,1-3H3,(H,28,32). The number of amides is 1. The number of ether oxygens (including phenoxy) is 3. The Kier molecular flexibility index (Phi) is 6.57. The van der Waals surface area contributed by atoms with Crippen LogP contribution in [-0.2, 0) is 6.18 Å². The lowest BCUT2D eigenvalue weighted by Crippen LogP contribution is -2.16. The molecule has 1 N–H and O–H groups in total. The maximum Gasteiger partial charge on any atom is 0.433 e. The van der Waals surface area contributed by atoms with Gasteiger partial charge in [0, 0.05) is 33.9 Å². The van der Waals surface area contributed by atoms with E-state index in [1.165, 1.54) is 39.5 Å². The Labute approximate surface area is 205 Å². The molecular formula is C23H18BrF3N4O4. The van der Waals surface area contributed by atoms with Gasteiger partial charge in [0.05, 0.1) is 27.0 Å². The smallest absolute Gasteiger partial charge is 0.433 e. The molecule has 1 amide bonds. The van der Waals surface area contributed by atoms with Crippen LogP contribution < -0.4 is 19.5 Å². The van der Waals surface area contributed by atoms with Gasteiger partial charge in [-0.3, -0.25) is 4.79 Å². The van der Waals surface area contributed by atoms with Gasteiger partial charge in [-0.05, 0) is 18.2 Å². The maximum atomic E-state index is 13.8. The highest BCUT2D eigenvalue weighted by Crippen LogP contribution is 2.40. The highest BCUT2D eigenvalue weighted by Gasteiger charge is 2.35. The van der Waals surface area contributed by atoms with Gasteiger partial charge >= 0.3 is 6.18 Å². The van der Waals surface area contributed by atoms with Crippen molar-refractivity contribution in [3.63, 3.8) is 0 Å². The second-order valence-electron chi connectivity index (χ2n) is 7.20. The van der Waals surface area contributed by atoms with Gasteiger partial charge in [-0.1, -0.05) is 28.1 Å². The van der Waals surface area contributed by atoms with Gasteiger partial charge < -0.3 is 19.5 Å². The van der Waals surface area contributed by atoms with E-state index in [0.29, 0.717) is 15.8 Å². The van der Waals surface area contributed by atoms with Crippen molar-refractivity contribution in [3.8, 4) is 28.5 Å². The number of benzene rings is 2. The maximum absolute atomic E-state index is 13.8. The number of anilines is 1. The molecule has 0 saturated heterocycles. The molecule has 0 aliphatic heterocycles. The van der Waals surface area contributed by atoms with Crippen LogP contribution in [-0.4, -0.2) is 41.8 Å². The molecule has 0 saturated carbocycles. The zero-order chi connectivity index (χ0) is 25.3. The molecule has 182 valence electrons. The molecule has 8 nitrogen and oxygen atoms in total. The van der Waals surface area contributed by atoms with Gasteiger partial charge in [-0.25, -0.2) is 9.50 Å². The van der Waals surface area contributed by atoms with Crippen LogP contribution in [0, 0.1) is 0 Å². The predicted molar refractivity (Wildman–Crippen MR) is 125 cm³/mol. The fourth-order valence-electron chi connectivity index (χ4n) is 3.40. The summed E-state index contributed by atoms with van der Waals surface area (Å²) in [7, 11) is 4.26. The fraction of sp³-hybridized carbons (Fsp3) is 0.174. The van der Waals surface area contributed by atoms with E-state index < -0.39 is 17.8 Å². The molecule has 2 heterocycles. The zero-order valence-corrected chi connectivity index (χ0v) is 20.2. The molecule has 0 aliphatic rings. The van der Waals surface area contributed by atoms with Crippen molar-refractivity contribution in [2.24, 2.45) is 0 Å². The third-order valence-corrected chi connectivity index (χ3v) is 5.54. The minimum atomic E-state index is -4.73. The number of carbonyl (C=O) groups excluding carboxylic acids is 1. The van der Waals surface area contributed by atoms with Crippen molar-refractivity contribution >= 4 is 33.2 Å². The van der Waals surface area contributed by atoms with Gasteiger partial charge in [-0.15, -0.1) is 0 Å². The van der Waals surface area contributed by atoms with Gasteiger partial charge in [-0.2, -0.15) is 18.3 Å². The Balaban J connectivity index is 1.75. The highest BCUT2D eigenvalue weighted by atomic mass is 79.9. The molecule has 0 radical (unpaired) electrons. The van der Waals surface area contributed by atoms with Crippen LogP contribution in [0.25, 0.3) is 16.9 Å². The summed E-state index contributed by atoms with van der Waals surface area (Å²) in [6.45, 7) is 0. The Morgan fingerprint density at radius 3 is 2.14 bits per heavy atom. The molecule has 4 aromatic rings. The largest absolute Gasteiger partial charge is 0.493 e. The summed E-state index contributed by atoms with van der Waals surface area (Å²) in [4.78, 5) is 17.2. The quantitative estimate of drug-likeness (QED) is 0.343. The Hall–Kier alpha value is -3.80. The summed E-state index contributed by atoms with van der Waals surface area (Å²) in [6, 6.07) is 11.7. The molecule has 0 aliphatic carbocycles. The summed E-state index contributed by atoms with van der Waals surface area (Å²) >= 11 is 3.29. The molecule has 2 aromatic heterocycles. The first-order valence-corrected chi connectivity index (χ1v) is 10.8. The molecule has 0 bridgehead atoms. The van der Waals surface area contributed by atoms with Crippen LogP contribution in [0.5, 0.6) is 17.2 Å². The van der Waals surface area contributed by atoms with E-state index in [4.69, 9.17) is 14.2 Å². The van der Waals surface area contributed by atoms with Gasteiger partial charge in [0.15, 0.2) is 28.5 Å². The van der Waals surface area contributed by atoms with Crippen molar-refractivity contribution in [3.05, 3.63) is 64.4 Å². The van der Waals surface area contributed by atoms with Crippen LogP contribution in [0.2, 0.25) is 0 Å². The minimum Gasteiger partial charge on any atom is -0.493 e. The van der Waals surface area contributed by atoms with E-state index in [1.807, 2.05) is 0 Å². The number of carbonyl (C=O) groups is 1. The van der Waals surface area contributed by atoms with Crippen molar-refractivity contribution in [2.45, 2.75) is 6.18 Å². The zero-order valence-electron chi connectivity index (χ0n) is 18.6. The molecule has 0 spiro atoms. The van der Waals surface area contributed by atoms with E-state index in [9.17, 15) is 18.0 Å². The molecule has 4 rings (SSSR count). The fourth-order valence-corrected chi connectivity index (χ4v) is 3.67. The number of fused-ring (bicyclic) bond motifs is 1. The normalized spacial score (nSPS) is 11.4. The molecule has 35 heavy (non-hydrogen) atoms. The summed E-state index contributed by atoms with van der Waals surface area (Å²) < 4.78 is 58.6. The molecule has 0 fully saturated rings. The number of methoxy groups -OCH3 is 3. The van der Waals surface area contributed by atoms with Crippen LogP contribution in [0.1, 0.15) is 16.2 Å². The van der Waals surface area contributed by atoms with Crippen molar-refractivity contribution in [1.29, 1.82) is 0 Å². The summed E-state index contributed by atoms with van der Waals surface area (Å²) in [5.41, 5.74) is -0.620. The van der Waals surface area contributed by atoms with Crippen LogP contribution >= 0.6 is 15.9 Å². The van der Waals surface area contributed by atoms with Gasteiger partial charge in [0.25, 0.3) is 5.91 Å². The lowest BCUT2D eigenvalue weighted by atomic mass is 10.1. The number of alkyl halides is 3. The number of rotatable bonds is 6. The lowest BCUT2D eigenvalue weighted by molar-refractivity contribution is -0.142. The number of aromatic nitrogens is 3. The third-order valence-electron chi connectivity index (χ3n) is 5.01. The second-order valence-corrected chi connectivity index (χ2v) is 8.11. The minimum absolute atomic E-state index is 0.0915. The van der Waals surface area contributed by atoms with E-state index in [0.717, 1.165) is 10.5 Å². The number of nitrogens with one attached hydrogen (secondary N) is 1. The summed E-state index contributed by atoms with van der Waals surface area (Å²) in [5, 5.41) is 6.46. The van der Waals surface area contributed by atoms with E-state index in [1.54, 1.807) is 24.3 Å². The molecule has 0 unspecified atom stereocenters. The molecule has 12 heteroatoms. The van der Waals surface area contributed by atoms with Crippen LogP contribution in [0.3, 0.4) is 0 Å². The summed E-state index contributed by atoms with van der Waals surface area (Å²) in [5.74, 6) is 0.151. The number of hydrogen-bond acceptors (Lipinski definition) is 6. The first-order chi connectivity index (χ1) is 16.6. The lowest BCUT2D eigenvalue weighted by Gasteiger charge is -2.14. The van der Waals surface area contributed by atoms with Crippen molar-refractivity contribution in [1.82, 2.24) is 14.6 Å². The van der Waals surface area contributed by atoms with E-state index >= 15 is 0 Å². The molecular weight excluding hydrogens is 533 g/mol. The SMILES string of the molecule is COc1cc(NC(=O)c2cc3nc(-c4ccc(Br)cc4)cc(C(F)(F)F)n3n2)cc(OC)c1OC. The molecule has 0 atom stereocenters. The summed E-state index contributed by atoms with van der Waals surface area (Å²) in [6.07, 6.45) is -4.73. The highest BCUT2D eigenvalue weighted by molar-refractivity contribution is 9.10. The number of nitrogens with zero attached hydrogens (tertiary/aromatic N) is 3. The average Bonchev–Trinajstić information content (AvgIpc) is 3.27. The number of halogens is 4. The molecule has 2 aromatic carbocycles. The van der Waals surface area contributed by atoms with Crippen molar-refractivity contribution < 1.29 is 32.2 Å². The van der Waals surface area contributed by atoms with E-state index in [2.05, 4.69) is 31.3 Å². The Morgan fingerprint density at radius 2 is 1.60 bits per heavy atom. The number of hydrogen-bond donors (Lipinski definition) is 1. The Bertz CT molecular complexity index is 1380. The van der Waals surface area contributed by atoms with Gasteiger partial charge in [0.1, 0.15) is 0 Å². The van der Waals surface area contributed by atoms with Gasteiger partial charge in [0.2, 0.25) is 5.75 Å².